The summed E-state index contributed by atoms with van der Waals surface area (Å²) >= 11 is 0. The smallest absolute Gasteiger partial charge is 0.291 e. The van der Waals surface area contributed by atoms with Crippen molar-refractivity contribution in [2.24, 2.45) is 0 Å². The van der Waals surface area contributed by atoms with Crippen LogP contribution in [0.1, 0.15) is 94.6 Å². The largest absolute Gasteiger partial charge is 0.508 e. The normalized spacial score (nSPS) is 9.99. The number of nitrogens with zero attached hydrogens (tertiary/aromatic N) is 3. The van der Waals surface area contributed by atoms with Gasteiger partial charge in [-0.3, -0.25) is 20.2 Å². The molecule has 0 amide bonds. The summed E-state index contributed by atoms with van der Waals surface area (Å²) in [5.74, 6) is 1.37. The number of para-hydroxylation sites is 8. The van der Waals surface area contributed by atoms with Crippen molar-refractivity contribution in [2.75, 3.05) is 0 Å². The molecule has 10 aromatic carbocycles. The first-order valence-electron chi connectivity index (χ1n) is 28.5. The summed E-state index contributed by atoms with van der Waals surface area (Å²) in [5, 5.41) is 138. The number of aromatic hydroxyl groups is 10. The number of non-ortho nitro benzene ring substituents is 2. The average molecular weight is 1530 g/mol. The van der Waals surface area contributed by atoms with Crippen LogP contribution in [0, 0.1) is 109 Å². The zero-order valence-electron chi connectivity index (χ0n) is 52.5. The number of aryl methyl sites for hydroxylation is 5. The Balaban J connectivity index is 0.000000337. The van der Waals surface area contributed by atoms with Crippen molar-refractivity contribution in [3.05, 3.63) is 313 Å². The number of benzene rings is 10. The molecule has 0 heterocycles. The van der Waals surface area contributed by atoms with Crippen molar-refractivity contribution in [2.45, 2.75) is 73.1 Å². The second-order valence-electron chi connectivity index (χ2n) is 21.3. The molecule has 95 heavy (non-hydrogen) atoms. The molecule has 10 aromatic rings. The number of carbonyl (C=O) groups excluding carboxylic acids is 1. The molecule has 0 saturated carbocycles. The van der Waals surface area contributed by atoms with E-state index in [2.05, 4.69) is 0 Å². The van der Waals surface area contributed by atoms with Crippen LogP contribution in [0.3, 0.4) is 0 Å². The van der Waals surface area contributed by atoms with E-state index in [4.69, 9.17) is 25.2 Å². The van der Waals surface area contributed by atoms with Gasteiger partial charge >= 0.3 is 0 Å². The molecule has 0 atom stereocenters. The third-order valence-corrected chi connectivity index (χ3v) is 14.8. The molecule has 0 spiro atoms. The average Bonchev–Trinajstić information content (AvgIpc) is 0.969. The van der Waals surface area contributed by atoms with Crippen molar-refractivity contribution in [3.8, 4) is 57.5 Å². The number of hydrogen-bond acceptors (Lipinski definition) is 17. The second kappa shape index (κ2) is 37.9. The number of nitro groups is 2. The van der Waals surface area contributed by atoms with E-state index in [1.807, 2.05) is 137 Å². The van der Waals surface area contributed by atoms with Gasteiger partial charge in [0.1, 0.15) is 64.3 Å². The van der Waals surface area contributed by atoms with Gasteiger partial charge in [0.15, 0.2) is 0 Å². The Morgan fingerprint density at radius 2 is 0.526 bits per heavy atom. The Bertz CT molecular complexity index is 4170. The van der Waals surface area contributed by atoms with Crippen LogP contribution in [0.5, 0.6) is 57.5 Å². The molecule has 0 unspecified atom stereocenters. The van der Waals surface area contributed by atoms with E-state index in [1.54, 1.807) is 61.5 Å². The Morgan fingerprint density at radius 1 is 0.305 bits per heavy atom. The summed E-state index contributed by atoms with van der Waals surface area (Å²) in [4.78, 5) is 37.7. The van der Waals surface area contributed by atoms with Crippen molar-refractivity contribution >= 4 is 30.6 Å². The summed E-state index contributed by atoms with van der Waals surface area (Å²) in [7, 11) is 0. The predicted molar refractivity (Wildman–Crippen MR) is 358 cm³/mol. The Morgan fingerprint density at radius 3 is 0.832 bits per heavy atom. The maximum Gasteiger partial charge on any atom is 0.291 e. The van der Waals surface area contributed by atoms with Gasteiger partial charge in [0.05, 0.1) is 9.85 Å². The van der Waals surface area contributed by atoms with Gasteiger partial charge < -0.3 is 61.1 Å². The summed E-state index contributed by atoms with van der Waals surface area (Å²) in [6.07, 6.45) is 1.68. The fraction of sp³-hybridized carbons (Fsp3) is 0.153. The van der Waals surface area contributed by atoms with Crippen LogP contribution in [0.4, 0.5) is 11.4 Å². The van der Waals surface area contributed by atoms with E-state index in [9.17, 15) is 66.2 Å². The number of phenolic OH excluding ortho intramolecular Hbond substituents is 10. The van der Waals surface area contributed by atoms with Crippen LogP contribution in [0.25, 0.3) is 0 Å². The molecular weight excluding hydrogens is 1460 g/mol. The summed E-state index contributed by atoms with van der Waals surface area (Å²) in [6.45, 7) is 10.8. The van der Waals surface area contributed by atoms with Crippen LogP contribution in [0.15, 0.2) is 188 Å². The fourth-order valence-electron chi connectivity index (χ4n) is 9.82. The predicted octanol–water partition coefficient (Wildman–Crippen LogP) is 14.6. The fourth-order valence-corrected chi connectivity index (χ4v) is 9.82. The van der Waals surface area contributed by atoms with E-state index in [0.29, 0.717) is 42.6 Å². The first-order valence-corrected chi connectivity index (χ1v) is 28.5. The van der Waals surface area contributed by atoms with Gasteiger partial charge in [0, 0.05) is 124 Å². The summed E-state index contributed by atoms with van der Waals surface area (Å²) < 4.78 is 0. The zero-order chi connectivity index (χ0) is 68.6. The van der Waals surface area contributed by atoms with Gasteiger partial charge in [-0.1, -0.05) is 146 Å². The maximum absolute atomic E-state index is 11.4. The van der Waals surface area contributed by atoms with Gasteiger partial charge in [0.2, 0.25) is 0 Å². The Hall–Kier alpha value is -10.4. The summed E-state index contributed by atoms with van der Waals surface area (Å²) in [5.41, 5.74) is 9.95. The van der Waals surface area contributed by atoms with Gasteiger partial charge in [-0.05, 0) is 131 Å². The number of carbonyl (C=O) groups is 1. The van der Waals surface area contributed by atoms with Crippen molar-refractivity contribution < 1.29 is 120 Å². The minimum atomic E-state index is -1.50. The number of phenols is 10. The van der Waals surface area contributed by atoms with Gasteiger partial charge in [-0.2, -0.15) is 0 Å². The third-order valence-electron chi connectivity index (χ3n) is 14.8. The number of nitro benzene ring substituents is 2. The quantitative estimate of drug-likeness (QED) is 0.0356. The minimum Gasteiger partial charge on any atom is -0.508 e. The molecule has 0 aliphatic carbocycles. The molecule has 1 radical (unpaired) electrons. The SMILES string of the molecule is C=O.Cc1cccc(Cc2cc([N+](=O)[O-])cc(Cc3cc([N+](=O)[O-])cc(C)c3O)c2O)c1O.Cc1cccc(Cc2cccc(Cc3cccc(C)c3O)c2O)c1O.Cc1cccc(Cc2cccc(Cc3ccccc3O)c2O)c1O.Cl.O=[N+]([O-])O.Oc1ccccc1.[Ac]. The van der Waals surface area contributed by atoms with E-state index >= 15 is 0 Å². The first kappa shape index (κ1) is 78.8. The van der Waals surface area contributed by atoms with Gasteiger partial charge in [-0.15, -0.1) is 22.5 Å². The van der Waals surface area contributed by atoms with Gasteiger partial charge in [-0.25, -0.2) is 0 Å². The molecule has 0 aromatic heterocycles. The molecule has 11 N–H and O–H groups in total. The Labute approximate surface area is 589 Å². The van der Waals surface area contributed by atoms with Crippen LogP contribution in [-0.4, -0.2) is 78.0 Å². The number of rotatable bonds is 14. The van der Waals surface area contributed by atoms with Crippen LogP contribution >= 0.6 is 12.4 Å². The van der Waals surface area contributed by atoms with Crippen LogP contribution < -0.4 is 0 Å². The zero-order valence-corrected chi connectivity index (χ0v) is 58.0. The van der Waals surface area contributed by atoms with E-state index in [1.165, 1.54) is 31.2 Å². The molecule has 23 heteroatoms. The molecule has 0 fully saturated rings. The second-order valence-corrected chi connectivity index (χ2v) is 21.3. The molecular formula is C72H72AcClN3O18. The van der Waals surface area contributed by atoms with Crippen molar-refractivity contribution in [1.82, 2.24) is 0 Å². The summed E-state index contributed by atoms with van der Waals surface area (Å²) in [6, 6.07) is 53.7. The third kappa shape index (κ3) is 22.7. The van der Waals surface area contributed by atoms with Crippen molar-refractivity contribution in [3.63, 3.8) is 0 Å². The van der Waals surface area contributed by atoms with Gasteiger partial charge in [0.25, 0.3) is 16.5 Å². The molecule has 0 aliphatic heterocycles. The molecule has 21 nitrogen and oxygen atoms in total. The Kier molecular flexibility index (Phi) is 31.5. The van der Waals surface area contributed by atoms with Crippen LogP contribution in [0.2, 0.25) is 0 Å². The standard InChI is InChI=1S/C22H20N2O7.C22H22O3.C21H20O3.C6H6O.CH2O.Ac.ClH.HNO3/c1-12-4-3-5-14(20(12)25)7-16-10-19(24(30)31)11-17(22(16)27)8-15-9-18(23(28)29)6-13(2)21(15)26;1-14-6-3-8-16(20(14)23)12-18-10-5-11-19(22(18)25)13-17-9-4-7-15(2)21(17)24;1-14-6-4-8-16(20(14)23)13-18-10-5-9-17(21(18)24)12-15-7-2-3-11-19(15)22;7-6-4-2-1-3-5-6;1-2;;;2-1(3)4/h3-6,9-11,25-27H,7-8H2,1-2H3;3-11,23-25H,12-13H2,1-2H3;2-11,22-24H,12-13H2,1H3;1-5,7H;1H2;;1H;(H,2,3,4). The van der Waals surface area contributed by atoms with E-state index < -0.39 is 14.9 Å². The van der Waals surface area contributed by atoms with E-state index in [0.717, 1.165) is 61.2 Å². The minimum absolute atomic E-state index is 0. The maximum atomic E-state index is 11.4. The number of hydrogen-bond donors (Lipinski definition) is 11. The molecule has 0 bridgehead atoms. The number of halogens is 1. The molecule has 10 rings (SSSR count). The molecule has 0 saturated heterocycles. The van der Waals surface area contributed by atoms with E-state index in [-0.39, 0.29) is 155 Å². The van der Waals surface area contributed by atoms with Crippen LogP contribution in [-0.2, 0) is 43.3 Å². The molecule has 0 aliphatic rings. The topological polar surface area (TPSA) is 369 Å². The van der Waals surface area contributed by atoms with Crippen molar-refractivity contribution in [1.29, 1.82) is 0 Å². The molecule has 493 valence electrons. The first-order chi connectivity index (χ1) is 44.2. The monoisotopic (exact) mass is 1530 g/mol.